The molecule has 0 aromatic carbocycles. The van der Waals surface area contributed by atoms with Crippen molar-refractivity contribution in [3.8, 4) is 0 Å². The zero-order valence-corrected chi connectivity index (χ0v) is 15.0. The third-order valence-electron chi connectivity index (χ3n) is 5.22. The number of hydrogen-bond donors (Lipinski definition) is 2. The Hall–Kier alpha value is -1.18. The number of rotatable bonds is 6. The maximum Gasteiger partial charge on any atom is 0.223 e. The molecule has 0 saturated carbocycles. The molecule has 2 saturated heterocycles. The number of nitrogens with zero attached hydrogens (tertiary/aromatic N) is 2. The monoisotopic (exact) mass is 341 g/mol. The molecule has 7 nitrogen and oxygen atoms in total. The maximum absolute atomic E-state index is 12.2. The van der Waals surface area contributed by atoms with E-state index in [-0.39, 0.29) is 29.9 Å². The molecule has 2 fully saturated rings. The van der Waals surface area contributed by atoms with Crippen LogP contribution in [0.1, 0.15) is 33.6 Å². The molecular formula is C17H31N3O4. The van der Waals surface area contributed by atoms with Gasteiger partial charge in [-0.2, -0.15) is 0 Å². The van der Waals surface area contributed by atoms with Crippen molar-refractivity contribution in [2.24, 2.45) is 5.92 Å². The first-order valence-corrected chi connectivity index (χ1v) is 9.04. The van der Waals surface area contributed by atoms with Gasteiger partial charge in [0.25, 0.3) is 0 Å². The van der Waals surface area contributed by atoms with Crippen LogP contribution in [-0.4, -0.2) is 84.3 Å². The Morgan fingerprint density at radius 1 is 1.21 bits per heavy atom. The third kappa shape index (κ3) is 4.68. The highest BCUT2D eigenvalue weighted by atomic mass is 16.5. The predicted molar refractivity (Wildman–Crippen MR) is 90.4 cm³/mol. The van der Waals surface area contributed by atoms with Gasteiger partial charge in [-0.3, -0.25) is 14.5 Å². The molecule has 2 rings (SSSR count). The molecule has 0 unspecified atom stereocenters. The summed E-state index contributed by atoms with van der Waals surface area (Å²) in [7, 11) is 0. The second-order valence-corrected chi connectivity index (χ2v) is 6.80. The van der Waals surface area contributed by atoms with Crippen LogP contribution in [0.2, 0.25) is 0 Å². The Labute approximate surface area is 144 Å². The Kier molecular flexibility index (Phi) is 7.01. The highest BCUT2D eigenvalue weighted by Crippen LogP contribution is 2.18. The largest absolute Gasteiger partial charge is 0.388 e. The summed E-state index contributed by atoms with van der Waals surface area (Å²) in [4.78, 5) is 27.6. The lowest BCUT2D eigenvalue weighted by atomic mass is 10.0. The number of nitrogens with one attached hydrogen (secondary N) is 1. The van der Waals surface area contributed by atoms with E-state index in [0.29, 0.717) is 26.2 Å². The molecule has 0 radical (unpaired) electrons. The van der Waals surface area contributed by atoms with Crippen molar-refractivity contribution in [3.05, 3.63) is 0 Å². The zero-order valence-electron chi connectivity index (χ0n) is 15.0. The zero-order chi connectivity index (χ0) is 17.7. The van der Waals surface area contributed by atoms with Crippen molar-refractivity contribution in [2.75, 3.05) is 39.3 Å². The van der Waals surface area contributed by atoms with Crippen molar-refractivity contribution in [1.82, 2.24) is 15.1 Å². The quantitative estimate of drug-likeness (QED) is 0.701. The van der Waals surface area contributed by atoms with Crippen molar-refractivity contribution >= 4 is 11.8 Å². The minimum Gasteiger partial charge on any atom is -0.388 e. The lowest BCUT2D eigenvalue weighted by molar-refractivity contribution is -0.130. The Morgan fingerprint density at radius 2 is 1.83 bits per heavy atom. The second-order valence-electron chi connectivity index (χ2n) is 6.80. The number of carbonyl (C=O) groups is 2. The van der Waals surface area contributed by atoms with Crippen molar-refractivity contribution in [1.29, 1.82) is 0 Å². The second kappa shape index (κ2) is 8.78. The van der Waals surface area contributed by atoms with Crippen LogP contribution in [0.3, 0.4) is 0 Å². The number of ether oxygens (including phenoxy) is 1. The fourth-order valence-electron chi connectivity index (χ4n) is 3.43. The lowest BCUT2D eigenvalue weighted by Gasteiger charge is -2.35. The first-order valence-electron chi connectivity index (χ1n) is 9.04. The topological polar surface area (TPSA) is 82.1 Å². The van der Waals surface area contributed by atoms with Crippen LogP contribution in [-0.2, 0) is 14.3 Å². The van der Waals surface area contributed by atoms with Gasteiger partial charge >= 0.3 is 0 Å². The van der Waals surface area contributed by atoms with Crippen LogP contribution < -0.4 is 5.32 Å². The van der Waals surface area contributed by atoms with E-state index >= 15 is 0 Å². The highest BCUT2D eigenvalue weighted by Gasteiger charge is 2.38. The molecule has 0 aromatic heterocycles. The Bertz CT molecular complexity index is 434. The minimum absolute atomic E-state index is 0.00312. The van der Waals surface area contributed by atoms with Gasteiger partial charge in [-0.25, -0.2) is 0 Å². The third-order valence-corrected chi connectivity index (χ3v) is 5.22. The number of hydrogen-bond acceptors (Lipinski definition) is 5. The molecule has 0 aromatic rings. The van der Waals surface area contributed by atoms with Gasteiger partial charge < -0.3 is 20.1 Å². The van der Waals surface area contributed by atoms with Crippen LogP contribution in [0, 0.1) is 5.92 Å². The van der Waals surface area contributed by atoms with E-state index in [1.807, 2.05) is 18.7 Å². The standard InChI is InChI=1S/C17H31N3O4/c1-4-13(5-2)17(23)18-14-11-24-15(16(14)22)10-19-6-8-20(9-7-19)12(3)21/h13-16,22H,4-11H2,1-3H3,(H,18,23)/t14-,15-,16+/m0/s1. The SMILES string of the molecule is CCC(CC)C(=O)N[C@H]1CO[C@@H](CN2CCN(C(C)=O)CC2)[C@@H]1O. The van der Waals surface area contributed by atoms with Gasteiger partial charge in [-0.15, -0.1) is 0 Å². The minimum atomic E-state index is -0.686. The highest BCUT2D eigenvalue weighted by molar-refractivity contribution is 5.79. The van der Waals surface area contributed by atoms with Gasteiger partial charge in [0, 0.05) is 45.6 Å². The molecule has 2 heterocycles. The van der Waals surface area contributed by atoms with Gasteiger partial charge in [0.15, 0.2) is 0 Å². The molecule has 0 spiro atoms. The van der Waals surface area contributed by atoms with E-state index in [1.165, 1.54) is 0 Å². The summed E-state index contributed by atoms with van der Waals surface area (Å²) in [5, 5.41) is 13.4. The first-order chi connectivity index (χ1) is 11.5. The smallest absolute Gasteiger partial charge is 0.223 e. The number of piperazine rings is 1. The van der Waals surface area contributed by atoms with Gasteiger partial charge in [0.1, 0.15) is 6.10 Å². The molecule has 24 heavy (non-hydrogen) atoms. The van der Waals surface area contributed by atoms with Crippen LogP contribution in [0.15, 0.2) is 0 Å². The summed E-state index contributed by atoms with van der Waals surface area (Å²) in [5.74, 6) is 0.107. The maximum atomic E-state index is 12.2. The number of amides is 2. The molecule has 7 heteroatoms. The van der Waals surface area contributed by atoms with Crippen molar-refractivity contribution in [2.45, 2.75) is 51.9 Å². The molecular weight excluding hydrogens is 310 g/mol. The van der Waals surface area contributed by atoms with E-state index in [4.69, 9.17) is 4.74 Å². The van der Waals surface area contributed by atoms with Crippen molar-refractivity contribution in [3.63, 3.8) is 0 Å². The van der Waals surface area contributed by atoms with E-state index in [2.05, 4.69) is 10.2 Å². The normalized spacial score (nSPS) is 28.4. The van der Waals surface area contributed by atoms with Gasteiger partial charge in [-0.1, -0.05) is 13.8 Å². The summed E-state index contributed by atoms with van der Waals surface area (Å²) in [6, 6.07) is -0.332. The molecule has 2 amide bonds. The lowest BCUT2D eigenvalue weighted by Crippen LogP contribution is -2.52. The van der Waals surface area contributed by atoms with Crippen LogP contribution in [0.5, 0.6) is 0 Å². The van der Waals surface area contributed by atoms with Crippen LogP contribution in [0.25, 0.3) is 0 Å². The van der Waals surface area contributed by atoms with E-state index in [0.717, 1.165) is 25.9 Å². The molecule has 2 aliphatic heterocycles. The van der Waals surface area contributed by atoms with Gasteiger partial charge in [-0.05, 0) is 12.8 Å². The average Bonchev–Trinajstić information content (AvgIpc) is 2.90. The average molecular weight is 341 g/mol. The molecule has 138 valence electrons. The van der Waals surface area contributed by atoms with E-state index in [9.17, 15) is 14.7 Å². The van der Waals surface area contributed by atoms with Crippen molar-refractivity contribution < 1.29 is 19.4 Å². The van der Waals surface area contributed by atoms with Crippen LogP contribution >= 0.6 is 0 Å². The summed E-state index contributed by atoms with van der Waals surface area (Å²) >= 11 is 0. The summed E-state index contributed by atoms with van der Waals surface area (Å²) < 4.78 is 5.72. The number of aliphatic hydroxyl groups excluding tert-OH is 1. The molecule has 0 bridgehead atoms. The molecule has 0 aliphatic carbocycles. The van der Waals surface area contributed by atoms with E-state index in [1.54, 1.807) is 6.92 Å². The van der Waals surface area contributed by atoms with Crippen LogP contribution in [0.4, 0.5) is 0 Å². The molecule has 3 atom stereocenters. The Morgan fingerprint density at radius 3 is 2.38 bits per heavy atom. The first kappa shape index (κ1) is 19.1. The fourth-order valence-corrected chi connectivity index (χ4v) is 3.43. The summed E-state index contributed by atoms with van der Waals surface area (Å²) in [5.41, 5.74) is 0. The predicted octanol–water partition coefficient (Wildman–Crippen LogP) is -0.169. The summed E-state index contributed by atoms with van der Waals surface area (Å²) in [6.45, 7) is 9.58. The summed E-state index contributed by atoms with van der Waals surface area (Å²) in [6.07, 6.45) is 0.626. The van der Waals surface area contributed by atoms with Gasteiger partial charge in [0.05, 0.1) is 18.8 Å². The number of aliphatic hydroxyl groups is 1. The number of carbonyl (C=O) groups excluding carboxylic acids is 2. The van der Waals surface area contributed by atoms with E-state index < -0.39 is 6.10 Å². The molecule has 2 aliphatic rings. The van der Waals surface area contributed by atoms with Gasteiger partial charge in [0.2, 0.25) is 11.8 Å². The molecule has 2 N–H and O–H groups in total. The Balaban J connectivity index is 1.78. The fraction of sp³-hybridized carbons (Fsp3) is 0.882.